The molecule has 0 saturated heterocycles. The second kappa shape index (κ2) is 5.91. The van der Waals surface area contributed by atoms with E-state index in [2.05, 4.69) is 5.32 Å². The Labute approximate surface area is 105 Å². The van der Waals surface area contributed by atoms with Crippen molar-refractivity contribution in [1.82, 2.24) is 5.32 Å². The van der Waals surface area contributed by atoms with Crippen molar-refractivity contribution < 1.29 is 18.0 Å². The molecular formula is C12H21F3N2O. The SMILES string of the molecule is CC(N)(C(=O)NCCCC1CCCC1)C(F)(F)F. The van der Waals surface area contributed by atoms with Gasteiger partial charge >= 0.3 is 6.18 Å². The first-order valence-electron chi connectivity index (χ1n) is 6.39. The van der Waals surface area contributed by atoms with E-state index in [1.165, 1.54) is 25.7 Å². The molecule has 0 aromatic heterocycles. The number of carbonyl (C=O) groups excluding carboxylic acids is 1. The topological polar surface area (TPSA) is 55.1 Å². The highest BCUT2D eigenvalue weighted by Crippen LogP contribution is 2.29. The summed E-state index contributed by atoms with van der Waals surface area (Å²) in [5, 5.41) is 2.27. The summed E-state index contributed by atoms with van der Waals surface area (Å²) in [5.74, 6) is -0.477. The molecule has 1 saturated carbocycles. The van der Waals surface area contributed by atoms with Crippen LogP contribution in [0.4, 0.5) is 13.2 Å². The van der Waals surface area contributed by atoms with Gasteiger partial charge in [0, 0.05) is 6.54 Å². The average molecular weight is 266 g/mol. The molecule has 1 rings (SSSR count). The first kappa shape index (κ1) is 15.3. The van der Waals surface area contributed by atoms with E-state index in [1.807, 2.05) is 0 Å². The van der Waals surface area contributed by atoms with Crippen LogP contribution in [-0.2, 0) is 4.79 Å². The highest BCUT2D eigenvalue weighted by atomic mass is 19.4. The quantitative estimate of drug-likeness (QED) is 0.750. The molecule has 0 aliphatic heterocycles. The fourth-order valence-corrected chi connectivity index (χ4v) is 2.20. The molecule has 106 valence electrons. The van der Waals surface area contributed by atoms with Gasteiger partial charge in [0.05, 0.1) is 0 Å². The summed E-state index contributed by atoms with van der Waals surface area (Å²) in [6.45, 7) is 0.956. The number of nitrogens with one attached hydrogen (secondary N) is 1. The zero-order valence-corrected chi connectivity index (χ0v) is 10.6. The van der Waals surface area contributed by atoms with E-state index in [4.69, 9.17) is 5.73 Å². The number of alkyl halides is 3. The van der Waals surface area contributed by atoms with Crippen LogP contribution in [0, 0.1) is 5.92 Å². The third kappa shape index (κ3) is 3.86. The lowest BCUT2D eigenvalue weighted by molar-refractivity contribution is -0.187. The number of hydrogen-bond donors (Lipinski definition) is 2. The van der Waals surface area contributed by atoms with Gasteiger partial charge in [0.2, 0.25) is 5.91 Å². The molecular weight excluding hydrogens is 245 g/mol. The zero-order chi connectivity index (χ0) is 13.8. The minimum atomic E-state index is -4.72. The van der Waals surface area contributed by atoms with Crippen LogP contribution in [0.25, 0.3) is 0 Å². The molecule has 3 nitrogen and oxygen atoms in total. The van der Waals surface area contributed by atoms with E-state index < -0.39 is 17.6 Å². The molecule has 1 amide bonds. The smallest absolute Gasteiger partial charge is 0.354 e. The van der Waals surface area contributed by atoms with Crippen LogP contribution in [0.5, 0.6) is 0 Å². The van der Waals surface area contributed by atoms with E-state index in [0.717, 1.165) is 6.42 Å². The van der Waals surface area contributed by atoms with Crippen molar-refractivity contribution in [2.75, 3.05) is 6.54 Å². The Morgan fingerprint density at radius 3 is 2.39 bits per heavy atom. The summed E-state index contributed by atoms with van der Waals surface area (Å²) in [6, 6.07) is 0. The summed E-state index contributed by atoms with van der Waals surface area (Å²) in [4.78, 5) is 11.4. The van der Waals surface area contributed by atoms with Gasteiger partial charge < -0.3 is 11.1 Å². The molecule has 6 heteroatoms. The van der Waals surface area contributed by atoms with Gasteiger partial charge in [-0.25, -0.2) is 0 Å². The Morgan fingerprint density at radius 1 is 1.33 bits per heavy atom. The Bertz CT molecular complexity index is 284. The summed E-state index contributed by atoms with van der Waals surface area (Å²) in [6.07, 6.45) is 1.84. The van der Waals surface area contributed by atoms with E-state index in [-0.39, 0.29) is 6.54 Å². The summed E-state index contributed by atoms with van der Waals surface area (Å²) in [5.41, 5.74) is 2.20. The molecule has 0 spiro atoms. The molecule has 1 unspecified atom stereocenters. The van der Waals surface area contributed by atoms with Gasteiger partial charge in [-0.3, -0.25) is 4.79 Å². The maximum Gasteiger partial charge on any atom is 0.415 e. The van der Waals surface area contributed by atoms with Gasteiger partial charge in [-0.1, -0.05) is 25.7 Å². The number of amides is 1. The minimum Gasteiger partial charge on any atom is -0.354 e. The number of carbonyl (C=O) groups is 1. The molecule has 0 bridgehead atoms. The molecule has 1 atom stereocenters. The van der Waals surface area contributed by atoms with Crippen molar-refractivity contribution >= 4 is 5.91 Å². The molecule has 1 fully saturated rings. The maximum absolute atomic E-state index is 12.5. The van der Waals surface area contributed by atoms with Crippen molar-refractivity contribution in [2.24, 2.45) is 11.7 Å². The predicted molar refractivity (Wildman–Crippen MR) is 62.8 cm³/mol. The van der Waals surface area contributed by atoms with E-state index in [1.54, 1.807) is 0 Å². The Hall–Kier alpha value is -0.780. The molecule has 1 aliphatic carbocycles. The third-order valence-corrected chi connectivity index (χ3v) is 3.61. The number of hydrogen-bond acceptors (Lipinski definition) is 2. The van der Waals surface area contributed by atoms with Crippen LogP contribution in [-0.4, -0.2) is 24.2 Å². The fraction of sp³-hybridized carbons (Fsp3) is 0.917. The van der Waals surface area contributed by atoms with Crippen molar-refractivity contribution in [3.8, 4) is 0 Å². The molecule has 0 heterocycles. The number of nitrogens with two attached hydrogens (primary N) is 1. The number of halogens is 3. The number of rotatable bonds is 5. The van der Waals surface area contributed by atoms with Gasteiger partial charge in [0.15, 0.2) is 5.54 Å². The second-order valence-corrected chi connectivity index (χ2v) is 5.25. The van der Waals surface area contributed by atoms with E-state index in [9.17, 15) is 18.0 Å². The van der Waals surface area contributed by atoms with Crippen LogP contribution in [0.2, 0.25) is 0 Å². The van der Waals surface area contributed by atoms with Crippen LogP contribution in [0.3, 0.4) is 0 Å². The largest absolute Gasteiger partial charge is 0.415 e. The summed E-state index contributed by atoms with van der Waals surface area (Å²) < 4.78 is 37.4. The van der Waals surface area contributed by atoms with Gasteiger partial charge in [-0.05, 0) is 25.7 Å². The monoisotopic (exact) mass is 266 g/mol. The zero-order valence-electron chi connectivity index (χ0n) is 10.6. The molecule has 3 N–H and O–H groups in total. The predicted octanol–water partition coefficient (Wildman–Crippen LogP) is 2.35. The standard InChI is InChI=1S/C12H21F3N2O/c1-11(16,12(13,14)15)10(18)17-8-4-7-9-5-2-3-6-9/h9H,2-8,16H2,1H3,(H,17,18). The molecule has 0 aromatic rings. The summed E-state index contributed by atoms with van der Waals surface area (Å²) in [7, 11) is 0. The van der Waals surface area contributed by atoms with Gasteiger partial charge in [-0.15, -0.1) is 0 Å². The molecule has 0 aromatic carbocycles. The second-order valence-electron chi connectivity index (χ2n) is 5.25. The van der Waals surface area contributed by atoms with Crippen molar-refractivity contribution in [2.45, 2.75) is 57.2 Å². The van der Waals surface area contributed by atoms with E-state index in [0.29, 0.717) is 19.3 Å². The first-order chi connectivity index (χ1) is 8.25. The van der Waals surface area contributed by atoms with Gasteiger partial charge in [-0.2, -0.15) is 13.2 Å². The maximum atomic E-state index is 12.5. The molecule has 18 heavy (non-hydrogen) atoms. The van der Waals surface area contributed by atoms with Crippen LogP contribution >= 0.6 is 0 Å². The van der Waals surface area contributed by atoms with Gasteiger partial charge in [0.1, 0.15) is 0 Å². The van der Waals surface area contributed by atoms with E-state index >= 15 is 0 Å². The normalized spacial score (nSPS) is 20.7. The van der Waals surface area contributed by atoms with Crippen LogP contribution in [0.15, 0.2) is 0 Å². The lowest BCUT2D eigenvalue weighted by Crippen LogP contribution is -2.61. The van der Waals surface area contributed by atoms with Crippen LogP contribution in [0.1, 0.15) is 45.4 Å². The van der Waals surface area contributed by atoms with Crippen molar-refractivity contribution in [1.29, 1.82) is 0 Å². The lowest BCUT2D eigenvalue weighted by Gasteiger charge is -2.26. The summed E-state index contributed by atoms with van der Waals surface area (Å²) >= 11 is 0. The van der Waals surface area contributed by atoms with Crippen molar-refractivity contribution in [3.05, 3.63) is 0 Å². The Balaban J connectivity index is 2.24. The molecule has 1 aliphatic rings. The first-order valence-corrected chi connectivity index (χ1v) is 6.39. The van der Waals surface area contributed by atoms with Gasteiger partial charge in [0.25, 0.3) is 0 Å². The van der Waals surface area contributed by atoms with Crippen LogP contribution < -0.4 is 11.1 Å². The fourth-order valence-electron chi connectivity index (χ4n) is 2.20. The Morgan fingerprint density at radius 2 is 1.89 bits per heavy atom. The minimum absolute atomic E-state index is 0.262. The Kier molecular flexibility index (Phi) is 5.01. The highest BCUT2D eigenvalue weighted by Gasteiger charge is 2.53. The van der Waals surface area contributed by atoms with Crippen molar-refractivity contribution in [3.63, 3.8) is 0 Å². The highest BCUT2D eigenvalue weighted by molar-refractivity contribution is 5.86. The average Bonchev–Trinajstić information content (AvgIpc) is 2.75. The third-order valence-electron chi connectivity index (χ3n) is 3.61. The lowest BCUT2D eigenvalue weighted by atomic mass is 10.0. The molecule has 0 radical (unpaired) electrons.